The summed E-state index contributed by atoms with van der Waals surface area (Å²) >= 11 is 0. The lowest BCUT2D eigenvalue weighted by atomic mass is 9.96. The van der Waals surface area contributed by atoms with Crippen LogP contribution in [0.25, 0.3) is 11.0 Å². The zero-order valence-corrected chi connectivity index (χ0v) is 18.1. The van der Waals surface area contributed by atoms with Gasteiger partial charge in [-0.2, -0.15) is 0 Å². The number of rotatable bonds is 7. The molecule has 3 N–H and O–H groups in total. The molecule has 2 aromatic heterocycles. The number of hydrogen-bond donors (Lipinski definition) is 3. The highest BCUT2D eigenvalue weighted by Gasteiger charge is 2.28. The van der Waals surface area contributed by atoms with Crippen LogP contribution < -0.4 is 21.9 Å². The number of carbonyl (C=O) groups is 1. The molecular weight excluding hydrogens is 406 g/mol. The quantitative estimate of drug-likeness (QED) is 0.615. The van der Waals surface area contributed by atoms with Crippen LogP contribution in [-0.4, -0.2) is 40.1 Å². The number of fused-ring (bicyclic) bond motifs is 1. The van der Waals surface area contributed by atoms with Gasteiger partial charge in [-0.05, 0) is 63.6 Å². The summed E-state index contributed by atoms with van der Waals surface area (Å²) in [6.07, 6.45) is 6.03. The second kappa shape index (κ2) is 9.75. The molecule has 1 aliphatic heterocycles. The number of aromatic amines is 1. The standard InChI is InChI=1S/C21H29N5O3.ClH/c1-2-10-26-18-17(20(28)25-21(26)29)15(11-16(24-18)14-5-6-14)19(27)23-9-7-13-4-3-8-22-12-13;/h11,13-14,22H,2-10,12H2,1H3,(H,23,27)(H,25,28,29);1H. The minimum absolute atomic E-state index is 0. The number of aromatic nitrogens is 3. The van der Waals surface area contributed by atoms with Crippen molar-refractivity contribution in [3.63, 3.8) is 0 Å². The van der Waals surface area contributed by atoms with Gasteiger partial charge in [0.05, 0.1) is 10.9 Å². The van der Waals surface area contributed by atoms with E-state index in [1.54, 1.807) is 6.07 Å². The van der Waals surface area contributed by atoms with Crippen molar-refractivity contribution in [2.24, 2.45) is 5.92 Å². The van der Waals surface area contributed by atoms with Crippen LogP contribution in [0.15, 0.2) is 15.7 Å². The van der Waals surface area contributed by atoms with E-state index in [0.29, 0.717) is 36.1 Å². The highest BCUT2D eigenvalue weighted by molar-refractivity contribution is 6.05. The third kappa shape index (κ3) is 4.75. The lowest BCUT2D eigenvalue weighted by Gasteiger charge is -2.22. The Morgan fingerprint density at radius 1 is 1.30 bits per heavy atom. The van der Waals surface area contributed by atoms with Gasteiger partial charge in [-0.1, -0.05) is 6.92 Å². The van der Waals surface area contributed by atoms with E-state index in [4.69, 9.17) is 0 Å². The highest BCUT2D eigenvalue weighted by Crippen LogP contribution is 2.39. The molecular formula is C21H30ClN5O3. The van der Waals surface area contributed by atoms with Crippen molar-refractivity contribution >= 4 is 29.3 Å². The fourth-order valence-electron chi connectivity index (χ4n) is 4.15. The lowest BCUT2D eigenvalue weighted by Crippen LogP contribution is -2.35. The van der Waals surface area contributed by atoms with Crippen LogP contribution in [0.4, 0.5) is 0 Å². The maximum Gasteiger partial charge on any atom is 0.329 e. The molecule has 2 fully saturated rings. The van der Waals surface area contributed by atoms with Crippen molar-refractivity contribution < 1.29 is 4.79 Å². The summed E-state index contributed by atoms with van der Waals surface area (Å²) in [5.41, 5.74) is 0.431. The number of H-pyrrole nitrogens is 1. The third-order valence-corrected chi connectivity index (χ3v) is 5.89. The minimum atomic E-state index is -0.547. The zero-order chi connectivity index (χ0) is 20.4. The van der Waals surface area contributed by atoms with E-state index in [9.17, 15) is 14.4 Å². The fourth-order valence-corrected chi connectivity index (χ4v) is 4.15. The van der Waals surface area contributed by atoms with Crippen LogP contribution in [0.1, 0.15) is 67.4 Å². The number of halogens is 1. The molecule has 3 heterocycles. The van der Waals surface area contributed by atoms with Crippen molar-refractivity contribution in [1.29, 1.82) is 0 Å². The normalized spacial score (nSPS) is 18.8. The summed E-state index contributed by atoms with van der Waals surface area (Å²) in [5.74, 6) is 0.609. The van der Waals surface area contributed by atoms with Crippen LogP contribution in [0.2, 0.25) is 0 Å². The van der Waals surface area contributed by atoms with Gasteiger partial charge in [0, 0.05) is 24.7 Å². The average Bonchev–Trinajstić information content (AvgIpc) is 3.56. The Bertz CT molecular complexity index is 1020. The molecule has 0 spiro atoms. The predicted molar refractivity (Wildman–Crippen MR) is 119 cm³/mol. The number of hydrogen-bond acceptors (Lipinski definition) is 5. The van der Waals surface area contributed by atoms with Crippen molar-refractivity contribution in [2.75, 3.05) is 19.6 Å². The van der Waals surface area contributed by atoms with Crippen LogP contribution in [0.3, 0.4) is 0 Å². The predicted octanol–water partition coefficient (Wildman–Crippen LogP) is 1.91. The first kappa shape index (κ1) is 22.5. The Morgan fingerprint density at radius 2 is 2.10 bits per heavy atom. The van der Waals surface area contributed by atoms with Crippen LogP contribution >= 0.6 is 12.4 Å². The summed E-state index contributed by atoms with van der Waals surface area (Å²) in [6.45, 7) is 5.03. The Morgan fingerprint density at radius 3 is 2.77 bits per heavy atom. The molecule has 1 unspecified atom stereocenters. The molecule has 1 atom stereocenters. The van der Waals surface area contributed by atoms with E-state index in [2.05, 4.69) is 20.6 Å². The van der Waals surface area contributed by atoms with Gasteiger partial charge in [0.15, 0.2) is 5.65 Å². The summed E-state index contributed by atoms with van der Waals surface area (Å²) < 4.78 is 1.48. The first-order valence-corrected chi connectivity index (χ1v) is 10.7. The first-order valence-electron chi connectivity index (χ1n) is 10.7. The lowest BCUT2D eigenvalue weighted by molar-refractivity contribution is 0.0952. The van der Waals surface area contributed by atoms with Gasteiger partial charge in [-0.15, -0.1) is 12.4 Å². The van der Waals surface area contributed by atoms with Gasteiger partial charge < -0.3 is 10.6 Å². The van der Waals surface area contributed by atoms with E-state index in [0.717, 1.165) is 44.5 Å². The zero-order valence-electron chi connectivity index (χ0n) is 17.3. The first-order chi connectivity index (χ1) is 14.1. The number of pyridine rings is 1. The summed E-state index contributed by atoms with van der Waals surface area (Å²) in [6, 6.07) is 1.74. The minimum Gasteiger partial charge on any atom is -0.352 e. The average molecular weight is 436 g/mol. The molecule has 1 aliphatic carbocycles. The molecule has 8 nitrogen and oxygen atoms in total. The van der Waals surface area contributed by atoms with E-state index in [1.807, 2.05) is 6.92 Å². The molecule has 1 amide bonds. The van der Waals surface area contributed by atoms with E-state index < -0.39 is 11.2 Å². The van der Waals surface area contributed by atoms with Crippen LogP contribution in [0, 0.1) is 5.92 Å². The molecule has 0 aromatic carbocycles. The van der Waals surface area contributed by atoms with Gasteiger partial charge in [-0.25, -0.2) is 9.78 Å². The number of piperidine rings is 1. The molecule has 9 heteroatoms. The second-order valence-electron chi connectivity index (χ2n) is 8.24. The number of nitrogens with zero attached hydrogens (tertiary/aromatic N) is 2. The number of nitrogens with one attached hydrogen (secondary N) is 3. The maximum atomic E-state index is 13.0. The monoisotopic (exact) mass is 435 g/mol. The summed E-state index contributed by atoms with van der Waals surface area (Å²) in [4.78, 5) is 44.9. The molecule has 0 radical (unpaired) electrons. The SMILES string of the molecule is CCCn1c(=O)[nH]c(=O)c2c(C(=O)NCCC3CCCNC3)cc(C3CC3)nc21.Cl. The number of amides is 1. The smallest absolute Gasteiger partial charge is 0.329 e. The third-order valence-electron chi connectivity index (χ3n) is 5.89. The second-order valence-corrected chi connectivity index (χ2v) is 8.24. The number of carbonyl (C=O) groups excluding carboxylic acids is 1. The number of aryl methyl sites for hydroxylation is 1. The molecule has 164 valence electrons. The summed E-state index contributed by atoms with van der Waals surface area (Å²) in [7, 11) is 0. The van der Waals surface area contributed by atoms with Crippen molar-refractivity contribution in [3.05, 3.63) is 38.2 Å². The molecule has 4 rings (SSSR count). The Balaban J connectivity index is 0.00000256. The van der Waals surface area contributed by atoms with Crippen molar-refractivity contribution in [3.8, 4) is 0 Å². The van der Waals surface area contributed by atoms with E-state index in [1.165, 1.54) is 17.4 Å². The molecule has 30 heavy (non-hydrogen) atoms. The Labute approximate surface area is 181 Å². The van der Waals surface area contributed by atoms with Crippen LogP contribution in [0.5, 0.6) is 0 Å². The van der Waals surface area contributed by atoms with E-state index >= 15 is 0 Å². The maximum absolute atomic E-state index is 13.0. The van der Waals surface area contributed by atoms with Crippen molar-refractivity contribution in [1.82, 2.24) is 25.2 Å². The van der Waals surface area contributed by atoms with Gasteiger partial charge in [0.1, 0.15) is 0 Å². The largest absolute Gasteiger partial charge is 0.352 e. The molecule has 0 bridgehead atoms. The van der Waals surface area contributed by atoms with Gasteiger partial charge in [0.25, 0.3) is 11.5 Å². The Hall–Kier alpha value is -2.19. The molecule has 2 aromatic rings. The van der Waals surface area contributed by atoms with Gasteiger partial charge in [0.2, 0.25) is 0 Å². The van der Waals surface area contributed by atoms with Gasteiger partial charge in [-0.3, -0.25) is 19.1 Å². The van der Waals surface area contributed by atoms with Crippen molar-refractivity contribution in [2.45, 2.75) is 57.9 Å². The summed E-state index contributed by atoms with van der Waals surface area (Å²) in [5, 5.41) is 6.58. The topological polar surface area (TPSA) is 109 Å². The molecule has 1 saturated carbocycles. The fraction of sp³-hybridized carbons (Fsp3) is 0.619. The van der Waals surface area contributed by atoms with Crippen LogP contribution in [-0.2, 0) is 6.54 Å². The molecule has 1 saturated heterocycles. The highest BCUT2D eigenvalue weighted by atomic mass is 35.5. The Kier molecular flexibility index (Phi) is 7.31. The van der Waals surface area contributed by atoms with E-state index in [-0.39, 0.29) is 23.7 Å². The van der Waals surface area contributed by atoms with Gasteiger partial charge >= 0.3 is 5.69 Å². The molecule has 2 aliphatic rings.